The molecule has 2 N–H and O–H groups in total. The normalized spacial score (nSPS) is 17.5. The summed E-state index contributed by atoms with van der Waals surface area (Å²) in [6.07, 6.45) is 3.80. The van der Waals surface area contributed by atoms with Gasteiger partial charge in [-0.1, -0.05) is 36.4 Å². The lowest BCUT2D eigenvalue weighted by molar-refractivity contribution is -0.119. The van der Waals surface area contributed by atoms with Crippen molar-refractivity contribution < 1.29 is 13.9 Å². The van der Waals surface area contributed by atoms with Crippen molar-refractivity contribution >= 4 is 24.0 Å². The Morgan fingerprint density at radius 1 is 1.13 bits per heavy atom. The summed E-state index contributed by atoms with van der Waals surface area (Å²) in [5, 5.41) is 0. The third kappa shape index (κ3) is 6.38. The van der Waals surface area contributed by atoms with Crippen molar-refractivity contribution in [3.63, 3.8) is 0 Å². The molecule has 2 aliphatic heterocycles. The maximum atomic E-state index is 13.1. The van der Waals surface area contributed by atoms with Crippen LogP contribution in [0.5, 0.6) is 0 Å². The van der Waals surface area contributed by atoms with E-state index in [1.54, 1.807) is 12.1 Å². The van der Waals surface area contributed by atoms with Crippen LogP contribution in [-0.4, -0.2) is 30.4 Å². The molecule has 30 heavy (non-hydrogen) atoms. The third-order valence-corrected chi connectivity index (χ3v) is 5.19. The van der Waals surface area contributed by atoms with E-state index in [9.17, 15) is 9.18 Å². The van der Waals surface area contributed by atoms with Gasteiger partial charge in [-0.15, -0.1) is 12.4 Å². The summed E-state index contributed by atoms with van der Waals surface area (Å²) in [6, 6.07) is 14.2. The third-order valence-electron chi connectivity index (χ3n) is 5.19. The number of hydrogen-bond acceptors (Lipinski definition) is 3. The van der Waals surface area contributed by atoms with Crippen molar-refractivity contribution in [2.75, 3.05) is 13.2 Å². The summed E-state index contributed by atoms with van der Waals surface area (Å²) in [6.45, 7) is 6.11. The number of halogens is 2. The number of nitrogens with two attached hydrogens (primary N) is 1. The summed E-state index contributed by atoms with van der Waals surface area (Å²) >= 11 is 0. The van der Waals surface area contributed by atoms with Crippen molar-refractivity contribution in [2.45, 2.75) is 45.1 Å². The molecule has 0 saturated carbocycles. The van der Waals surface area contributed by atoms with Crippen LogP contribution in [0.4, 0.5) is 4.39 Å². The van der Waals surface area contributed by atoms with Crippen LogP contribution < -0.4 is 5.73 Å². The number of amides is 1. The number of benzene rings is 2. The molecule has 0 spiro atoms. The second kappa shape index (κ2) is 10.7. The van der Waals surface area contributed by atoms with E-state index in [2.05, 4.69) is 19.9 Å². The van der Waals surface area contributed by atoms with Crippen LogP contribution in [-0.2, 0) is 22.4 Å². The van der Waals surface area contributed by atoms with Crippen LogP contribution in [0.3, 0.4) is 0 Å². The zero-order valence-corrected chi connectivity index (χ0v) is 18.4. The van der Waals surface area contributed by atoms with Crippen LogP contribution >= 0.6 is 12.4 Å². The number of aliphatic imine (C=N–C) groups is 1. The van der Waals surface area contributed by atoms with E-state index in [-0.39, 0.29) is 23.8 Å². The average molecular weight is 433 g/mol. The molecular weight excluding hydrogens is 403 g/mol. The molecule has 2 aliphatic rings. The first-order valence-electron chi connectivity index (χ1n) is 10.2. The Labute approximate surface area is 184 Å². The van der Waals surface area contributed by atoms with Crippen molar-refractivity contribution in [3.05, 3.63) is 71.0 Å². The lowest BCUT2D eigenvalue weighted by atomic mass is 9.81. The molecular formula is C24H30ClFN2O2. The zero-order chi connectivity index (χ0) is 20.9. The number of primary amides is 1. The molecule has 0 aromatic heterocycles. The summed E-state index contributed by atoms with van der Waals surface area (Å²) in [5.41, 5.74) is 9.19. The molecule has 1 atom stereocenters. The number of hydrogen-bond donors (Lipinski definition) is 1. The molecule has 0 radical (unpaired) electrons. The highest BCUT2D eigenvalue weighted by molar-refractivity contribution is 6.14. The van der Waals surface area contributed by atoms with E-state index >= 15 is 0 Å². The Kier molecular flexibility index (Phi) is 8.56. The van der Waals surface area contributed by atoms with Crippen LogP contribution in [0, 0.1) is 11.7 Å². The SMILES string of the molecule is C1CCOC1.CC1(C)Cc2ccccc2C(C(Cc2ccc(F)cc2)C(N)=O)=N1.Cl. The lowest BCUT2D eigenvalue weighted by Gasteiger charge is -2.31. The van der Waals surface area contributed by atoms with Gasteiger partial charge in [0.2, 0.25) is 5.91 Å². The Morgan fingerprint density at radius 3 is 2.33 bits per heavy atom. The Hall–Kier alpha value is -2.24. The van der Waals surface area contributed by atoms with Gasteiger partial charge >= 0.3 is 0 Å². The van der Waals surface area contributed by atoms with Gasteiger partial charge in [-0.25, -0.2) is 4.39 Å². The van der Waals surface area contributed by atoms with Crippen LogP contribution in [0.2, 0.25) is 0 Å². The maximum Gasteiger partial charge on any atom is 0.226 e. The highest BCUT2D eigenvalue weighted by Gasteiger charge is 2.32. The smallest absolute Gasteiger partial charge is 0.226 e. The number of ether oxygens (including phenoxy) is 1. The fourth-order valence-electron chi connectivity index (χ4n) is 3.78. The van der Waals surface area contributed by atoms with E-state index < -0.39 is 11.8 Å². The van der Waals surface area contributed by atoms with Crippen molar-refractivity contribution in [3.8, 4) is 0 Å². The Balaban J connectivity index is 0.000000468. The molecule has 1 fully saturated rings. The highest BCUT2D eigenvalue weighted by atomic mass is 35.5. The minimum atomic E-state index is -0.531. The maximum absolute atomic E-state index is 13.1. The van der Waals surface area contributed by atoms with Gasteiger partial charge in [0.25, 0.3) is 0 Å². The summed E-state index contributed by atoms with van der Waals surface area (Å²) in [7, 11) is 0. The molecule has 2 heterocycles. The monoisotopic (exact) mass is 432 g/mol. The minimum absolute atomic E-state index is 0. The van der Waals surface area contributed by atoms with Gasteiger partial charge in [-0.05, 0) is 68.4 Å². The molecule has 4 nitrogen and oxygen atoms in total. The van der Waals surface area contributed by atoms with Gasteiger partial charge in [0.05, 0.1) is 17.2 Å². The molecule has 0 bridgehead atoms. The van der Waals surface area contributed by atoms with Gasteiger partial charge in [-0.3, -0.25) is 9.79 Å². The van der Waals surface area contributed by atoms with Gasteiger partial charge in [-0.2, -0.15) is 0 Å². The quantitative estimate of drug-likeness (QED) is 0.772. The molecule has 2 aromatic rings. The Morgan fingerprint density at radius 2 is 1.77 bits per heavy atom. The second-order valence-electron chi connectivity index (χ2n) is 8.25. The lowest BCUT2D eigenvalue weighted by Crippen LogP contribution is -2.38. The number of carbonyl (C=O) groups is 1. The molecule has 2 aromatic carbocycles. The Bertz CT molecular complexity index is 869. The van der Waals surface area contributed by atoms with Gasteiger partial charge < -0.3 is 10.5 Å². The van der Waals surface area contributed by atoms with Crippen LogP contribution in [0.15, 0.2) is 53.5 Å². The summed E-state index contributed by atoms with van der Waals surface area (Å²) < 4.78 is 18.1. The van der Waals surface area contributed by atoms with E-state index in [1.807, 2.05) is 18.2 Å². The van der Waals surface area contributed by atoms with E-state index in [0.717, 1.165) is 36.5 Å². The molecule has 162 valence electrons. The standard InChI is InChI=1S/C20H21FN2O.C4H8O.ClH/c1-20(2)12-14-5-3-4-6-16(14)18(23-20)17(19(22)24)11-13-7-9-15(21)10-8-13;1-2-4-5-3-1;/h3-10,17H,11-12H2,1-2H3,(H2,22,24);1-4H2;1H. The topological polar surface area (TPSA) is 64.7 Å². The van der Waals surface area contributed by atoms with Crippen LogP contribution in [0.25, 0.3) is 0 Å². The first kappa shape index (κ1) is 24.0. The van der Waals surface area contributed by atoms with E-state index in [4.69, 9.17) is 15.5 Å². The van der Waals surface area contributed by atoms with Gasteiger partial charge in [0, 0.05) is 13.2 Å². The predicted octanol–water partition coefficient (Wildman–Crippen LogP) is 4.51. The number of rotatable bonds is 4. The van der Waals surface area contributed by atoms with Gasteiger partial charge in [0.15, 0.2) is 0 Å². The summed E-state index contributed by atoms with van der Waals surface area (Å²) in [4.78, 5) is 17.0. The summed E-state index contributed by atoms with van der Waals surface area (Å²) in [5.74, 6) is -1.24. The molecule has 1 unspecified atom stereocenters. The highest BCUT2D eigenvalue weighted by Crippen LogP contribution is 2.30. The average Bonchev–Trinajstić information content (AvgIpc) is 3.26. The predicted molar refractivity (Wildman–Crippen MR) is 121 cm³/mol. The minimum Gasteiger partial charge on any atom is -0.381 e. The molecule has 6 heteroatoms. The molecule has 1 saturated heterocycles. The fourth-order valence-corrected chi connectivity index (χ4v) is 3.78. The first-order chi connectivity index (χ1) is 13.9. The molecule has 0 aliphatic carbocycles. The van der Waals surface area contributed by atoms with Gasteiger partial charge in [0.1, 0.15) is 5.82 Å². The van der Waals surface area contributed by atoms with Crippen LogP contribution in [0.1, 0.15) is 43.4 Å². The first-order valence-corrected chi connectivity index (χ1v) is 10.2. The number of fused-ring (bicyclic) bond motifs is 1. The molecule has 4 rings (SSSR count). The molecule has 1 amide bonds. The zero-order valence-electron chi connectivity index (χ0n) is 17.6. The number of carbonyl (C=O) groups excluding carboxylic acids is 1. The van der Waals surface area contributed by atoms with E-state index in [1.165, 1.54) is 30.5 Å². The largest absolute Gasteiger partial charge is 0.381 e. The van der Waals surface area contributed by atoms with E-state index in [0.29, 0.717) is 6.42 Å². The fraction of sp³-hybridized carbons (Fsp3) is 0.417. The van der Waals surface area contributed by atoms with Crippen molar-refractivity contribution in [1.29, 1.82) is 0 Å². The second-order valence-corrected chi connectivity index (χ2v) is 8.25. The van der Waals surface area contributed by atoms with Crippen molar-refractivity contribution in [2.24, 2.45) is 16.6 Å². The van der Waals surface area contributed by atoms with Crippen molar-refractivity contribution in [1.82, 2.24) is 0 Å². The number of nitrogens with zero attached hydrogens (tertiary/aromatic N) is 1.